The molecule has 1 N–H and O–H groups in total. The number of anilines is 1. The number of nitro benzene ring substituents is 1. The summed E-state index contributed by atoms with van der Waals surface area (Å²) in [6.45, 7) is 0. The van der Waals surface area contributed by atoms with Gasteiger partial charge in [0.1, 0.15) is 0 Å². The van der Waals surface area contributed by atoms with E-state index < -0.39 is 4.92 Å². The van der Waals surface area contributed by atoms with E-state index in [1.54, 1.807) is 30.5 Å². The van der Waals surface area contributed by atoms with Crippen molar-refractivity contribution in [3.8, 4) is 10.7 Å². The number of aromatic nitrogens is 3. The highest BCUT2D eigenvalue weighted by Gasteiger charge is 2.15. The fourth-order valence-electron chi connectivity index (χ4n) is 2.00. The summed E-state index contributed by atoms with van der Waals surface area (Å²) in [4.78, 5) is 29.2. The van der Waals surface area contributed by atoms with Gasteiger partial charge in [0.2, 0.25) is 11.1 Å². The van der Waals surface area contributed by atoms with Crippen LogP contribution >= 0.6 is 23.1 Å². The number of carbonyl (C=O) groups is 1. The van der Waals surface area contributed by atoms with Crippen LogP contribution in [0.1, 0.15) is 0 Å². The molecule has 2 aromatic heterocycles. The SMILES string of the molecule is CN(C(=O)CSc1n[nH]c(-c2cccs2)n1)c1ccc([N+](=O)[O-])cc1. The fourth-order valence-corrected chi connectivity index (χ4v) is 3.38. The van der Waals surface area contributed by atoms with Gasteiger partial charge < -0.3 is 4.90 Å². The van der Waals surface area contributed by atoms with Crippen molar-refractivity contribution in [3.05, 3.63) is 51.9 Å². The smallest absolute Gasteiger partial charge is 0.269 e. The Labute approximate surface area is 151 Å². The average Bonchev–Trinajstić information content (AvgIpc) is 3.30. The summed E-state index contributed by atoms with van der Waals surface area (Å²) in [5.41, 5.74) is 0.575. The first-order valence-corrected chi connectivity index (χ1v) is 9.01. The number of benzene rings is 1. The minimum Gasteiger partial charge on any atom is -0.315 e. The minimum atomic E-state index is -0.476. The van der Waals surface area contributed by atoms with Gasteiger partial charge in [-0.05, 0) is 23.6 Å². The van der Waals surface area contributed by atoms with Crippen molar-refractivity contribution in [1.29, 1.82) is 0 Å². The Morgan fingerprint density at radius 3 is 2.76 bits per heavy atom. The molecule has 0 fully saturated rings. The van der Waals surface area contributed by atoms with E-state index in [9.17, 15) is 14.9 Å². The molecular formula is C15H13N5O3S2. The number of nitrogens with zero attached hydrogens (tertiary/aromatic N) is 4. The van der Waals surface area contributed by atoms with Crippen LogP contribution in [0.4, 0.5) is 11.4 Å². The standard InChI is InChI=1S/C15H13N5O3S2/c1-19(10-4-6-11(7-5-10)20(22)23)13(21)9-25-15-16-14(17-18-15)12-3-2-8-24-12/h2-8H,9H2,1H3,(H,16,17,18). The summed E-state index contributed by atoms with van der Waals surface area (Å²) in [6, 6.07) is 9.69. The number of H-pyrrole nitrogens is 1. The van der Waals surface area contributed by atoms with Crippen LogP contribution in [-0.2, 0) is 4.79 Å². The summed E-state index contributed by atoms with van der Waals surface area (Å²) in [5, 5.41) is 20.1. The Morgan fingerprint density at radius 2 is 2.12 bits per heavy atom. The Balaban J connectivity index is 1.59. The molecule has 8 nitrogen and oxygen atoms in total. The number of rotatable bonds is 6. The van der Waals surface area contributed by atoms with Gasteiger partial charge >= 0.3 is 0 Å². The Kier molecular flexibility index (Phi) is 5.10. The molecule has 0 aliphatic rings. The Morgan fingerprint density at radius 1 is 1.36 bits per heavy atom. The zero-order chi connectivity index (χ0) is 17.8. The second kappa shape index (κ2) is 7.45. The number of hydrogen-bond donors (Lipinski definition) is 1. The Hall–Kier alpha value is -2.72. The number of thiophene rings is 1. The normalized spacial score (nSPS) is 10.6. The highest BCUT2D eigenvalue weighted by Crippen LogP contribution is 2.24. The third-order valence-electron chi connectivity index (χ3n) is 3.37. The average molecular weight is 375 g/mol. The van der Waals surface area contributed by atoms with Crippen LogP contribution in [0.15, 0.2) is 46.9 Å². The van der Waals surface area contributed by atoms with Gasteiger partial charge in [-0.15, -0.1) is 16.4 Å². The van der Waals surface area contributed by atoms with Gasteiger partial charge in [0, 0.05) is 24.9 Å². The molecule has 10 heteroatoms. The molecule has 0 radical (unpaired) electrons. The topological polar surface area (TPSA) is 105 Å². The lowest BCUT2D eigenvalue weighted by atomic mass is 10.2. The van der Waals surface area contributed by atoms with Crippen molar-refractivity contribution in [2.24, 2.45) is 0 Å². The number of aromatic amines is 1. The van der Waals surface area contributed by atoms with Gasteiger partial charge in [-0.2, -0.15) is 0 Å². The molecule has 0 spiro atoms. The summed E-state index contributed by atoms with van der Waals surface area (Å²) >= 11 is 2.78. The van der Waals surface area contributed by atoms with E-state index in [1.807, 2.05) is 17.5 Å². The zero-order valence-corrected chi connectivity index (χ0v) is 14.7. The van der Waals surface area contributed by atoms with E-state index in [0.29, 0.717) is 16.7 Å². The number of nitro groups is 1. The third-order valence-corrected chi connectivity index (χ3v) is 5.07. The molecule has 0 aliphatic carbocycles. The highest BCUT2D eigenvalue weighted by atomic mass is 32.2. The molecule has 0 bridgehead atoms. The van der Waals surface area contributed by atoms with Crippen molar-refractivity contribution in [1.82, 2.24) is 15.2 Å². The van der Waals surface area contributed by atoms with Gasteiger partial charge in [-0.1, -0.05) is 17.8 Å². The van der Waals surface area contributed by atoms with Gasteiger partial charge in [0.15, 0.2) is 5.82 Å². The van der Waals surface area contributed by atoms with Gasteiger partial charge in [0.05, 0.1) is 15.6 Å². The first kappa shape index (κ1) is 17.1. The van der Waals surface area contributed by atoms with Crippen LogP contribution in [0.5, 0.6) is 0 Å². The number of non-ortho nitro benzene ring substituents is 1. The van der Waals surface area contributed by atoms with Crippen molar-refractivity contribution >= 4 is 40.4 Å². The lowest BCUT2D eigenvalue weighted by molar-refractivity contribution is -0.384. The van der Waals surface area contributed by atoms with Crippen molar-refractivity contribution in [3.63, 3.8) is 0 Å². The van der Waals surface area contributed by atoms with E-state index in [-0.39, 0.29) is 17.3 Å². The maximum absolute atomic E-state index is 12.3. The summed E-state index contributed by atoms with van der Waals surface area (Å²) < 4.78 is 0. The molecule has 3 rings (SSSR count). The van der Waals surface area contributed by atoms with Crippen LogP contribution < -0.4 is 4.90 Å². The maximum atomic E-state index is 12.3. The largest absolute Gasteiger partial charge is 0.315 e. The van der Waals surface area contributed by atoms with E-state index in [2.05, 4.69) is 15.2 Å². The molecule has 0 saturated carbocycles. The van der Waals surface area contributed by atoms with Crippen LogP contribution in [0.25, 0.3) is 10.7 Å². The minimum absolute atomic E-state index is 0.0131. The first-order valence-electron chi connectivity index (χ1n) is 7.14. The van der Waals surface area contributed by atoms with E-state index in [4.69, 9.17) is 0 Å². The second-order valence-electron chi connectivity index (χ2n) is 4.96. The summed E-state index contributed by atoms with van der Waals surface area (Å²) in [5.74, 6) is 0.685. The molecule has 0 saturated heterocycles. The van der Waals surface area contributed by atoms with E-state index >= 15 is 0 Å². The molecular weight excluding hydrogens is 362 g/mol. The molecule has 0 atom stereocenters. The molecule has 2 heterocycles. The number of carbonyl (C=O) groups excluding carboxylic acids is 1. The van der Waals surface area contributed by atoms with Crippen LogP contribution in [0.3, 0.4) is 0 Å². The first-order chi connectivity index (χ1) is 12.0. The number of nitrogens with one attached hydrogen (secondary N) is 1. The predicted octanol–water partition coefficient (Wildman–Crippen LogP) is 3.20. The lowest BCUT2D eigenvalue weighted by Crippen LogP contribution is -2.27. The molecule has 0 aliphatic heterocycles. The van der Waals surface area contributed by atoms with Crippen LogP contribution in [0.2, 0.25) is 0 Å². The maximum Gasteiger partial charge on any atom is 0.269 e. The van der Waals surface area contributed by atoms with Crippen LogP contribution in [0, 0.1) is 10.1 Å². The fraction of sp³-hybridized carbons (Fsp3) is 0.133. The highest BCUT2D eigenvalue weighted by molar-refractivity contribution is 7.99. The monoisotopic (exact) mass is 375 g/mol. The van der Waals surface area contributed by atoms with Gasteiger partial charge in [-0.25, -0.2) is 4.98 Å². The third kappa shape index (κ3) is 4.03. The zero-order valence-electron chi connectivity index (χ0n) is 13.1. The summed E-state index contributed by atoms with van der Waals surface area (Å²) in [7, 11) is 1.62. The quantitative estimate of drug-likeness (QED) is 0.403. The van der Waals surface area contributed by atoms with Gasteiger partial charge in [-0.3, -0.25) is 20.0 Å². The number of thioether (sulfide) groups is 1. The summed E-state index contributed by atoms with van der Waals surface area (Å²) in [6.07, 6.45) is 0. The molecule has 25 heavy (non-hydrogen) atoms. The molecule has 1 amide bonds. The predicted molar refractivity (Wildman–Crippen MR) is 96.9 cm³/mol. The van der Waals surface area contributed by atoms with Crippen molar-refractivity contribution in [2.75, 3.05) is 17.7 Å². The number of amides is 1. The van der Waals surface area contributed by atoms with Crippen molar-refractivity contribution < 1.29 is 9.72 Å². The van der Waals surface area contributed by atoms with E-state index in [1.165, 1.54) is 28.8 Å². The molecule has 128 valence electrons. The second-order valence-corrected chi connectivity index (χ2v) is 6.85. The van der Waals surface area contributed by atoms with Crippen LogP contribution in [-0.4, -0.2) is 38.8 Å². The number of hydrogen-bond acceptors (Lipinski definition) is 7. The molecule has 0 unspecified atom stereocenters. The van der Waals surface area contributed by atoms with E-state index in [0.717, 1.165) is 4.88 Å². The lowest BCUT2D eigenvalue weighted by Gasteiger charge is -2.16. The van der Waals surface area contributed by atoms with Gasteiger partial charge in [0.25, 0.3) is 5.69 Å². The Bertz CT molecular complexity index is 877. The molecule has 3 aromatic rings. The van der Waals surface area contributed by atoms with Crippen molar-refractivity contribution in [2.45, 2.75) is 5.16 Å². The molecule has 1 aromatic carbocycles.